The van der Waals surface area contributed by atoms with Crippen molar-refractivity contribution < 1.29 is 4.21 Å². The van der Waals surface area contributed by atoms with Gasteiger partial charge in [0.2, 0.25) is 0 Å². The molecule has 0 aliphatic carbocycles. The van der Waals surface area contributed by atoms with Crippen molar-refractivity contribution in [2.45, 2.75) is 13.0 Å². The smallest absolute Gasteiger partial charge is 0.0591 e. The van der Waals surface area contributed by atoms with E-state index in [1.165, 1.54) is 0 Å². The summed E-state index contributed by atoms with van der Waals surface area (Å²) in [5.74, 6) is 0.589. The lowest BCUT2D eigenvalue weighted by Gasteiger charge is -2.15. The Kier molecular flexibility index (Phi) is 4.42. The van der Waals surface area contributed by atoms with E-state index < -0.39 is 10.8 Å². The normalized spacial score (nSPS) is 14.6. The number of nitrogens with two attached hydrogens (primary N) is 1. The number of rotatable bonds is 4. The van der Waals surface area contributed by atoms with Crippen LogP contribution in [0.2, 0.25) is 5.02 Å². The molecule has 0 amide bonds. The molecular formula is C10H15ClN2OS. The van der Waals surface area contributed by atoms with Crippen molar-refractivity contribution in [2.75, 3.05) is 23.1 Å². The fourth-order valence-corrected chi connectivity index (χ4v) is 2.27. The number of halogens is 1. The monoisotopic (exact) mass is 246 g/mol. The fourth-order valence-electron chi connectivity index (χ4n) is 1.31. The van der Waals surface area contributed by atoms with Gasteiger partial charge in [0.1, 0.15) is 0 Å². The highest BCUT2D eigenvalue weighted by molar-refractivity contribution is 7.84. The van der Waals surface area contributed by atoms with E-state index >= 15 is 0 Å². The highest BCUT2D eigenvalue weighted by Gasteiger charge is 2.06. The maximum atomic E-state index is 11.0. The molecule has 3 nitrogen and oxygen atoms in total. The van der Waals surface area contributed by atoms with E-state index in [-0.39, 0.29) is 6.04 Å². The Balaban J connectivity index is 2.71. The summed E-state index contributed by atoms with van der Waals surface area (Å²) in [4.78, 5) is 0. The van der Waals surface area contributed by atoms with Gasteiger partial charge in [-0.15, -0.1) is 0 Å². The zero-order valence-corrected chi connectivity index (χ0v) is 10.4. The van der Waals surface area contributed by atoms with E-state index in [1.54, 1.807) is 24.5 Å². The summed E-state index contributed by atoms with van der Waals surface area (Å²) in [5.41, 5.74) is 7.21. The van der Waals surface area contributed by atoms with E-state index in [0.717, 1.165) is 5.69 Å². The summed E-state index contributed by atoms with van der Waals surface area (Å²) >= 11 is 5.85. The number of hydrogen-bond acceptors (Lipinski definition) is 3. The third-order valence-corrected chi connectivity index (χ3v) is 3.11. The minimum Gasteiger partial charge on any atom is -0.397 e. The maximum absolute atomic E-state index is 11.0. The highest BCUT2D eigenvalue weighted by atomic mass is 35.5. The van der Waals surface area contributed by atoms with E-state index in [0.29, 0.717) is 16.5 Å². The number of anilines is 2. The van der Waals surface area contributed by atoms with Crippen molar-refractivity contribution in [3.05, 3.63) is 23.2 Å². The molecular weight excluding hydrogens is 232 g/mol. The standard InChI is InChI=1S/C10H15ClN2OS/c1-7(6-15(2)14)13-10-5-8(11)3-4-9(10)12/h3-5,7,13H,6,12H2,1-2H3. The average molecular weight is 247 g/mol. The molecule has 84 valence electrons. The lowest BCUT2D eigenvalue weighted by molar-refractivity contribution is 0.683. The van der Waals surface area contributed by atoms with E-state index in [1.807, 2.05) is 6.92 Å². The third kappa shape index (κ3) is 4.10. The summed E-state index contributed by atoms with van der Waals surface area (Å²) in [6.07, 6.45) is 1.68. The first-order chi connectivity index (χ1) is 6.99. The van der Waals surface area contributed by atoms with Gasteiger partial charge in [-0.05, 0) is 25.1 Å². The molecule has 3 N–H and O–H groups in total. The van der Waals surface area contributed by atoms with Gasteiger partial charge in [-0.1, -0.05) is 11.6 Å². The summed E-state index contributed by atoms with van der Waals surface area (Å²) < 4.78 is 11.0. The van der Waals surface area contributed by atoms with Crippen LogP contribution in [0, 0.1) is 0 Å². The van der Waals surface area contributed by atoms with Crippen molar-refractivity contribution in [1.82, 2.24) is 0 Å². The predicted molar refractivity (Wildman–Crippen MR) is 67.9 cm³/mol. The minimum atomic E-state index is -0.818. The van der Waals surface area contributed by atoms with Crippen LogP contribution in [0.4, 0.5) is 11.4 Å². The molecule has 5 heteroatoms. The van der Waals surface area contributed by atoms with Crippen LogP contribution in [-0.4, -0.2) is 22.3 Å². The minimum absolute atomic E-state index is 0.108. The zero-order valence-electron chi connectivity index (χ0n) is 8.79. The van der Waals surface area contributed by atoms with Crippen molar-refractivity contribution in [3.8, 4) is 0 Å². The molecule has 0 radical (unpaired) electrons. The number of hydrogen-bond donors (Lipinski definition) is 2. The van der Waals surface area contributed by atoms with E-state index in [4.69, 9.17) is 17.3 Å². The molecule has 0 saturated heterocycles. The Labute approximate surface area is 97.5 Å². The second-order valence-electron chi connectivity index (χ2n) is 3.52. The molecule has 0 saturated carbocycles. The molecule has 15 heavy (non-hydrogen) atoms. The van der Waals surface area contributed by atoms with Gasteiger partial charge in [-0.25, -0.2) is 0 Å². The van der Waals surface area contributed by atoms with Crippen molar-refractivity contribution in [1.29, 1.82) is 0 Å². The third-order valence-electron chi connectivity index (χ3n) is 1.90. The van der Waals surface area contributed by atoms with Gasteiger partial charge in [-0.2, -0.15) is 0 Å². The Morgan fingerprint density at radius 2 is 2.27 bits per heavy atom. The molecule has 0 bridgehead atoms. The summed E-state index contributed by atoms with van der Waals surface area (Å²) in [6, 6.07) is 5.37. The van der Waals surface area contributed by atoms with Crippen molar-refractivity contribution in [2.24, 2.45) is 0 Å². The van der Waals surface area contributed by atoms with E-state index in [2.05, 4.69) is 5.32 Å². The van der Waals surface area contributed by atoms with Crippen LogP contribution in [0.3, 0.4) is 0 Å². The second kappa shape index (κ2) is 5.37. The zero-order chi connectivity index (χ0) is 11.4. The lowest BCUT2D eigenvalue weighted by Crippen LogP contribution is -2.22. The second-order valence-corrected chi connectivity index (χ2v) is 5.43. The number of benzene rings is 1. The lowest BCUT2D eigenvalue weighted by atomic mass is 10.2. The van der Waals surface area contributed by atoms with Crippen LogP contribution in [0.5, 0.6) is 0 Å². The van der Waals surface area contributed by atoms with Gasteiger partial charge < -0.3 is 11.1 Å². The first kappa shape index (κ1) is 12.3. The van der Waals surface area contributed by atoms with Gasteiger partial charge in [0, 0.05) is 33.9 Å². The maximum Gasteiger partial charge on any atom is 0.0591 e. The van der Waals surface area contributed by atoms with Crippen LogP contribution in [-0.2, 0) is 10.8 Å². The Bertz CT molecular complexity index is 370. The highest BCUT2D eigenvalue weighted by Crippen LogP contribution is 2.23. The van der Waals surface area contributed by atoms with Crippen molar-refractivity contribution in [3.63, 3.8) is 0 Å². The topological polar surface area (TPSA) is 55.1 Å². The molecule has 1 rings (SSSR count). The Morgan fingerprint density at radius 3 is 2.87 bits per heavy atom. The summed E-state index contributed by atoms with van der Waals surface area (Å²) in [7, 11) is -0.818. The Hall–Kier alpha value is -0.740. The summed E-state index contributed by atoms with van der Waals surface area (Å²) in [5, 5.41) is 3.82. The van der Waals surface area contributed by atoms with Gasteiger partial charge in [0.25, 0.3) is 0 Å². The first-order valence-corrected chi connectivity index (χ1v) is 6.71. The SMILES string of the molecule is CC(CS(C)=O)Nc1cc(Cl)ccc1N. The van der Waals surface area contributed by atoms with Crippen LogP contribution in [0.15, 0.2) is 18.2 Å². The fraction of sp³-hybridized carbons (Fsp3) is 0.400. The molecule has 2 atom stereocenters. The molecule has 2 unspecified atom stereocenters. The molecule has 0 heterocycles. The molecule has 0 spiro atoms. The van der Waals surface area contributed by atoms with Crippen LogP contribution >= 0.6 is 11.6 Å². The van der Waals surface area contributed by atoms with Crippen LogP contribution < -0.4 is 11.1 Å². The van der Waals surface area contributed by atoms with Gasteiger partial charge in [0.15, 0.2) is 0 Å². The van der Waals surface area contributed by atoms with Crippen molar-refractivity contribution >= 4 is 33.8 Å². The quantitative estimate of drug-likeness (QED) is 0.800. The molecule has 0 aliphatic rings. The van der Waals surface area contributed by atoms with Crippen LogP contribution in [0.1, 0.15) is 6.92 Å². The summed E-state index contributed by atoms with van der Waals surface area (Å²) in [6.45, 7) is 1.96. The van der Waals surface area contributed by atoms with Gasteiger partial charge in [0.05, 0.1) is 11.4 Å². The molecule has 1 aromatic rings. The molecule has 1 aromatic carbocycles. The first-order valence-electron chi connectivity index (χ1n) is 4.60. The average Bonchev–Trinajstić information content (AvgIpc) is 2.10. The predicted octanol–water partition coefficient (Wildman–Crippen LogP) is 2.10. The largest absolute Gasteiger partial charge is 0.397 e. The molecule has 0 aliphatic heterocycles. The number of nitrogen functional groups attached to an aromatic ring is 1. The molecule has 0 fully saturated rings. The van der Waals surface area contributed by atoms with Crippen LogP contribution in [0.25, 0.3) is 0 Å². The molecule has 0 aromatic heterocycles. The number of nitrogens with one attached hydrogen (secondary N) is 1. The van der Waals surface area contributed by atoms with Gasteiger partial charge in [-0.3, -0.25) is 4.21 Å². The van der Waals surface area contributed by atoms with E-state index in [9.17, 15) is 4.21 Å². The Morgan fingerprint density at radius 1 is 1.60 bits per heavy atom. The van der Waals surface area contributed by atoms with Gasteiger partial charge >= 0.3 is 0 Å².